The van der Waals surface area contributed by atoms with Crippen LogP contribution in [0.25, 0.3) is 0 Å². The van der Waals surface area contributed by atoms with E-state index in [4.69, 9.17) is 16.0 Å². The van der Waals surface area contributed by atoms with Crippen LogP contribution in [0.1, 0.15) is 12.5 Å². The summed E-state index contributed by atoms with van der Waals surface area (Å²) in [5, 5.41) is 0.474. The normalized spacial score (nSPS) is 9.75. The Bertz CT molecular complexity index is 169. The molecule has 44 valence electrons. The molecule has 0 N–H and O–H groups in total. The van der Waals surface area contributed by atoms with Crippen LogP contribution in [0.15, 0.2) is 16.7 Å². The summed E-state index contributed by atoms with van der Waals surface area (Å²) in [5.41, 5.74) is 1.15. The van der Waals surface area contributed by atoms with Crippen LogP contribution in [0, 0.1) is 0 Å². The lowest BCUT2D eigenvalue weighted by molar-refractivity contribution is 0.566. The Labute approximate surface area is 53.3 Å². The van der Waals surface area contributed by atoms with Crippen molar-refractivity contribution in [3.05, 3.63) is 23.1 Å². The fourth-order valence-corrected chi connectivity index (χ4v) is 0.716. The van der Waals surface area contributed by atoms with Gasteiger partial charge in [0.25, 0.3) is 0 Å². The van der Waals surface area contributed by atoms with E-state index in [2.05, 4.69) is 6.92 Å². The molecule has 0 aliphatic carbocycles. The van der Waals surface area contributed by atoms with E-state index >= 15 is 0 Å². The van der Waals surface area contributed by atoms with Crippen LogP contribution in [0.4, 0.5) is 0 Å². The van der Waals surface area contributed by atoms with E-state index in [1.165, 1.54) is 0 Å². The van der Waals surface area contributed by atoms with Gasteiger partial charge in [0.15, 0.2) is 5.22 Å². The molecule has 0 atom stereocenters. The number of furan rings is 1. The Kier molecular flexibility index (Phi) is 1.59. The maximum atomic E-state index is 5.47. The van der Waals surface area contributed by atoms with Crippen molar-refractivity contribution in [3.8, 4) is 0 Å². The second-order valence-electron chi connectivity index (χ2n) is 1.61. The highest BCUT2D eigenvalue weighted by Gasteiger charge is 1.92. The molecule has 0 bridgehead atoms. The monoisotopic (exact) mass is 130 g/mol. The highest BCUT2D eigenvalue weighted by molar-refractivity contribution is 6.28. The van der Waals surface area contributed by atoms with Crippen molar-refractivity contribution in [3.63, 3.8) is 0 Å². The molecule has 0 saturated carbocycles. The number of rotatable bonds is 1. The first-order valence-corrected chi connectivity index (χ1v) is 2.93. The van der Waals surface area contributed by atoms with Gasteiger partial charge < -0.3 is 4.42 Å². The molecule has 0 aromatic carbocycles. The number of hydrogen-bond acceptors (Lipinski definition) is 1. The lowest BCUT2D eigenvalue weighted by atomic mass is 10.3. The molecule has 1 rings (SSSR count). The molecule has 1 nitrogen and oxygen atoms in total. The van der Waals surface area contributed by atoms with Crippen LogP contribution in [0.5, 0.6) is 0 Å². The molecule has 1 aromatic heterocycles. The van der Waals surface area contributed by atoms with Gasteiger partial charge in [0.2, 0.25) is 0 Å². The van der Waals surface area contributed by atoms with Gasteiger partial charge in [0, 0.05) is 0 Å². The van der Waals surface area contributed by atoms with E-state index in [1.807, 2.05) is 6.07 Å². The Morgan fingerprint density at radius 1 is 1.75 bits per heavy atom. The summed E-state index contributed by atoms with van der Waals surface area (Å²) in [4.78, 5) is 0. The topological polar surface area (TPSA) is 13.1 Å². The maximum Gasteiger partial charge on any atom is 0.193 e. The third kappa shape index (κ3) is 1.04. The zero-order valence-corrected chi connectivity index (χ0v) is 5.40. The molecule has 0 radical (unpaired) electrons. The highest BCUT2D eigenvalue weighted by Crippen LogP contribution is 2.12. The average molecular weight is 131 g/mol. The van der Waals surface area contributed by atoms with Gasteiger partial charge in [0.05, 0.1) is 6.26 Å². The Morgan fingerprint density at radius 3 is 2.75 bits per heavy atom. The number of hydrogen-bond donors (Lipinski definition) is 0. The Hall–Kier alpha value is -0.430. The van der Waals surface area contributed by atoms with Gasteiger partial charge in [-0.15, -0.1) is 0 Å². The van der Waals surface area contributed by atoms with Crippen LogP contribution >= 0.6 is 11.6 Å². The third-order valence-corrected chi connectivity index (χ3v) is 1.23. The smallest absolute Gasteiger partial charge is 0.193 e. The molecule has 8 heavy (non-hydrogen) atoms. The number of halogens is 1. The molecule has 0 aliphatic heterocycles. The molecule has 2 heteroatoms. The Balaban J connectivity index is 2.84. The van der Waals surface area contributed by atoms with Crippen LogP contribution in [0.3, 0.4) is 0 Å². The standard InChI is InChI=1S/C6H7ClO/c1-2-5-3-6(7)8-4-5/h3-4H,2H2,1H3. The lowest BCUT2D eigenvalue weighted by Gasteiger charge is -1.76. The molecular formula is C6H7ClO. The van der Waals surface area contributed by atoms with Gasteiger partial charge >= 0.3 is 0 Å². The predicted octanol–water partition coefficient (Wildman–Crippen LogP) is 2.50. The second kappa shape index (κ2) is 2.23. The van der Waals surface area contributed by atoms with E-state index < -0.39 is 0 Å². The summed E-state index contributed by atoms with van der Waals surface area (Å²) < 4.78 is 4.82. The molecule has 0 unspecified atom stereocenters. The fraction of sp³-hybridized carbons (Fsp3) is 0.333. The quantitative estimate of drug-likeness (QED) is 0.569. The minimum Gasteiger partial charge on any atom is -0.453 e. The fourth-order valence-electron chi connectivity index (χ4n) is 0.531. The molecule has 0 aliphatic rings. The summed E-state index contributed by atoms with van der Waals surface area (Å²) in [5.74, 6) is 0. The first-order valence-electron chi connectivity index (χ1n) is 2.56. The summed E-state index contributed by atoms with van der Waals surface area (Å²) >= 11 is 5.47. The summed E-state index contributed by atoms with van der Waals surface area (Å²) in [7, 11) is 0. The molecule has 0 fully saturated rings. The highest BCUT2D eigenvalue weighted by atomic mass is 35.5. The van der Waals surface area contributed by atoms with Gasteiger partial charge in [-0.3, -0.25) is 0 Å². The van der Waals surface area contributed by atoms with Crippen LogP contribution in [0.2, 0.25) is 5.22 Å². The van der Waals surface area contributed by atoms with Crippen molar-refractivity contribution >= 4 is 11.6 Å². The molecule has 1 aromatic rings. The van der Waals surface area contributed by atoms with Gasteiger partial charge in [-0.25, -0.2) is 0 Å². The van der Waals surface area contributed by atoms with E-state index in [-0.39, 0.29) is 0 Å². The zero-order valence-electron chi connectivity index (χ0n) is 4.65. The third-order valence-electron chi connectivity index (χ3n) is 1.03. The van der Waals surface area contributed by atoms with Crippen molar-refractivity contribution in [2.75, 3.05) is 0 Å². The first kappa shape index (κ1) is 5.70. The molecule has 1 heterocycles. The SMILES string of the molecule is CCc1coc(Cl)c1. The first-order chi connectivity index (χ1) is 3.83. The van der Waals surface area contributed by atoms with Crippen molar-refractivity contribution in [2.24, 2.45) is 0 Å². The van der Waals surface area contributed by atoms with Crippen molar-refractivity contribution in [1.82, 2.24) is 0 Å². The van der Waals surface area contributed by atoms with E-state index in [0.717, 1.165) is 12.0 Å². The Morgan fingerprint density at radius 2 is 2.50 bits per heavy atom. The largest absolute Gasteiger partial charge is 0.453 e. The van der Waals surface area contributed by atoms with Crippen LogP contribution < -0.4 is 0 Å². The lowest BCUT2D eigenvalue weighted by Crippen LogP contribution is -1.67. The van der Waals surface area contributed by atoms with Crippen LogP contribution in [-0.2, 0) is 6.42 Å². The molecule has 0 amide bonds. The minimum atomic E-state index is 0.474. The summed E-state index contributed by atoms with van der Waals surface area (Å²) in [6, 6.07) is 1.82. The van der Waals surface area contributed by atoms with Crippen LogP contribution in [-0.4, -0.2) is 0 Å². The van der Waals surface area contributed by atoms with E-state index in [9.17, 15) is 0 Å². The van der Waals surface area contributed by atoms with Gasteiger partial charge in [-0.2, -0.15) is 0 Å². The summed E-state index contributed by atoms with van der Waals surface area (Å²) in [6.07, 6.45) is 2.65. The zero-order chi connectivity index (χ0) is 5.98. The minimum absolute atomic E-state index is 0.474. The van der Waals surface area contributed by atoms with Crippen molar-refractivity contribution < 1.29 is 4.42 Å². The van der Waals surface area contributed by atoms with Crippen molar-refractivity contribution in [2.45, 2.75) is 13.3 Å². The molecule has 0 saturated heterocycles. The maximum absolute atomic E-state index is 5.47. The van der Waals surface area contributed by atoms with Crippen molar-refractivity contribution in [1.29, 1.82) is 0 Å². The molecular weight excluding hydrogens is 124 g/mol. The van der Waals surface area contributed by atoms with E-state index in [1.54, 1.807) is 6.26 Å². The van der Waals surface area contributed by atoms with Gasteiger partial charge in [0.1, 0.15) is 0 Å². The second-order valence-corrected chi connectivity index (χ2v) is 1.99. The predicted molar refractivity (Wildman–Crippen MR) is 33.1 cm³/mol. The van der Waals surface area contributed by atoms with Gasteiger partial charge in [-0.1, -0.05) is 6.92 Å². The average Bonchev–Trinajstić information content (AvgIpc) is 2.14. The van der Waals surface area contributed by atoms with Gasteiger partial charge in [-0.05, 0) is 29.7 Å². The van der Waals surface area contributed by atoms with E-state index in [0.29, 0.717) is 5.22 Å². The number of aryl methyl sites for hydroxylation is 1. The summed E-state index contributed by atoms with van der Waals surface area (Å²) in [6.45, 7) is 2.06. The molecule has 0 spiro atoms.